The molecule has 0 unspecified atom stereocenters. The Bertz CT molecular complexity index is 333. The van der Waals surface area contributed by atoms with Gasteiger partial charge < -0.3 is 10.5 Å². The highest BCUT2D eigenvalue weighted by molar-refractivity contribution is 9.10. The van der Waals surface area contributed by atoms with Crippen LogP contribution in [-0.4, -0.2) is 6.61 Å². The van der Waals surface area contributed by atoms with E-state index in [0.29, 0.717) is 4.47 Å². The molecule has 0 aliphatic rings. The Morgan fingerprint density at radius 1 is 1.43 bits per heavy atom. The average molecular weight is 270 g/mol. The first-order valence-corrected chi connectivity index (χ1v) is 4.47. The lowest BCUT2D eigenvalue weighted by atomic mass is 10.2. The van der Waals surface area contributed by atoms with E-state index in [-0.39, 0.29) is 12.1 Å². The highest BCUT2D eigenvalue weighted by Crippen LogP contribution is 2.30. The van der Waals surface area contributed by atoms with Crippen LogP contribution in [0.5, 0.6) is 5.75 Å². The van der Waals surface area contributed by atoms with E-state index in [1.54, 1.807) is 0 Å². The topological polar surface area (TPSA) is 35.2 Å². The highest BCUT2D eigenvalue weighted by Gasteiger charge is 2.16. The summed E-state index contributed by atoms with van der Waals surface area (Å²) in [6, 6.07) is 2.41. The van der Waals surface area contributed by atoms with Crippen LogP contribution in [0.25, 0.3) is 0 Å². The third-order valence-corrected chi connectivity index (χ3v) is 2.31. The fourth-order valence-corrected chi connectivity index (χ4v) is 1.46. The molecular weight excluding hydrogens is 263 g/mol. The van der Waals surface area contributed by atoms with Crippen molar-refractivity contribution in [3.8, 4) is 5.75 Å². The molecule has 0 saturated carbocycles. The van der Waals surface area contributed by atoms with Gasteiger partial charge in [0.1, 0.15) is 0 Å². The first kappa shape index (κ1) is 11.3. The van der Waals surface area contributed by atoms with E-state index in [0.717, 1.165) is 6.07 Å². The molecule has 0 aromatic heterocycles. The Morgan fingerprint density at radius 3 is 2.57 bits per heavy atom. The fraction of sp³-hybridized carbons (Fsp3) is 0.250. The van der Waals surface area contributed by atoms with E-state index in [9.17, 15) is 13.2 Å². The smallest absolute Gasteiger partial charge is 0.387 e. The molecule has 0 heterocycles. The van der Waals surface area contributed by atoms with Crippen molar-refractivity contribution < 1.29 is 17.9 Å². The van der Waals surface area contributed by atoms with Crippen molar-refractivity contribution in [3.63, 3.8) is 0 Å². The summed E-state index contributed by atoms with van der Waals surface area (Å²) in [5.41, 5.74) is 5.46. The van der Waals surface area contributed by atoms with Gasteiger partial charge in [0.05, 0.1) is 0 Å². The minimum atomic E-state index is -3.07. The summed E-state index contributed by atoms with van der Waals surface area (Å²) in [5.74, 6) is -1.36. The first-order chi connectivity index (χ1) is 6.56. The third-order valence-electron chi connectivity index (χ3n) is 1.57. The SMILES string of the molecule is NCc1c(Br)ccc(F)c1OC(F)F. The molecule has 0 saturated heterocycles. The molecule has 2 N–H and O–H groups in total. The molecule has 1 aromatic rings. The van der Waals surface area contributed by atoms with Gasteiger partial charge in [-0.15, -0.1) is 0 Å². The second kappa shape index (κ2) is 4.65. The molecule has 0 bridgehead atoms. The molecule has 0 aliphatic heterocycles. The van der Waals surface area contributed by atoms with Crippen molar-refractivity contribution in [2.75, 3.05) is 0 Å². The second-order valence-electron chi connectivity index (χ2n) is 2.42. The lowest BCUT2D eigenvalue weighted by molar-refractivity contribution is -0.0528. The zero-order chi connectivity index (χ0) is 10.7. The minimum Gasteiger partial charge on any atom is -0.431 e. The van der Waals surface area contributed by atoms with Gasteiger partial charge >= 0.3 is 6.61 Å². The molecule has 6 heteroatoms. The summed E-state index contributed by atoms with van der Waals surface area (Å²) in [4.78, 5) is 0. The molecule has 78 valence electrons. The van der Waals surface area contributed by atoms with Gasteiger partial charge in [0.2, 0.25) is 0 Å². The van der Waals surface area contributed by atoms with Crippen LogP contribution < -0.4 is 10.5 Å². The highest BCUT2D eigenvalue weighted by atomic mass is 79.9. The Kier molecular flexibility index (Phi) is 3.77. The van der Waals surface area contributed by atoms with Crippen molar-refractivity contribution in [2.45, 2.75) is 13.2 Å². The Morgan fingerprint density at radius 2 is 2.07 bits per heavy atom. The molecule has 2 nitrogen and oxygen atoms in total. The monoisotopic (exact) mass is 269 g/mol. The first-order valence-electron chi connectivity index (χ1n) is 3.68. The predicted molar refractivity (Wildman–Crippen MR) is 48.6 cm³/mol. The Labute approximate surface area is 87.0 Å². The molecular formula is C8H7BrF3NO. The van der Waals surface area contributed by atoms with Crippen molar-refractivity contribution in [1.82, 2.24) is 0 Å². The number of rotatable bonds is 3. The summed E-state index contributed by atoms with van der Waals surface area (Å²) in [5, 5.41) is 0. The van der Waals surface area contributed by atoms with Gasteiger partial charge in [-0.1, -0.05) is 15.9 Å². The van der Waals surface area contributed by atoms with Crippen LogP contribution in [0.15, 0.2) is 16.6 Å². The molecule has 0 amide bonds. The molecule has 0 fully saturated rings. The van der Waals surface area contributed by atoms with Crippen LogP contribution in [0.3, 0.4) is 0 Å². The van der Waals surface area contributed by atoms with E-state index in [4.69, 9.17) is 5.73 Å². The number of hydrogen-bond donors (Lipinski definition) is 1. The van der Waals surface area contributed by atoms with Gasteiger partial charge in [-0.25, -0.2) is 4.39 Å². The number of hydrogen-bond acceptors (Lipinski definition) is 2. The molecule has 0 spiro atoms. The summed E-state index contributed by atoms with van der Waals surface area (Å²) in [7, 11) is 0. The van der Waals surface area contributed by atoms with Crippen LogP contribution >= 0.6 is 15.9 Å². The summed E-state index contributed by atoms with van der Waals surface area (Å²) < 4.78 is 41.3. The maximum atomic E-state index is 13.0. The Balaban J connectivity index is 3.16. The zero-order valence-corrected chi connectivity index (χ0v) is 8.52. The largest absolute Gasteiger partial charge is 0.431 e. The van der Waals surface area contributed by atoms with Crippen molar-refractivity contribution in [3.05, 3.63) is 28.0 Å². The molecule has 1 rings (SSSR count). The lowest BCUT2D eigenvalue weighted by Gasteiger charge is -2.11. The van der Waals surface area contributed by atoms with Crippen LogP contribution in [0, 0.1) is 5.82 Å². The van der Waals surface area contributed by atoms with Crippen LogP contribution in [0.2, 0.25) is 0 Å². The van der Waals surface area contributed by atoms with E-state index in [1.807, 2.05) is 0 Å². The van der Waals surface area contributed by atoms with Gasteiger partial charge in [-0.3, -0.25) is 0 Å². The number of alkyl halides is 2. The van der Waals surface area contributed by atoms with E-state index in [1.165, 1.54) is 6.07 Å². The normalized spacial score (nSPS) is 10.7. The Hall–Kier alpha value is -0.750. The molecule has 0 aliphatic carbocycles. The van der Waals surface area contributed by atoms with Gasteiger partial charge in [0.15, 0.2) is 11.6 Å². The number of nitrogens with two attached hydrogens (primary N) is 1. The number of ether oxygens (including phenoxy) is 1. The maximum Gasteiger partial charge on any atom is 0.387 e. The maximum absolute atomic E-state index is 13.0. The van der Waals surface area contributed by atoms with E-state index >= 15 is 0 Å². The van der Waals surface area contributed by atoms with Gasteiger partial charge in [0, 0.05) is 16.6 Å². The number of benzene rings is 1. The number of halogens is 4. The molecule has 0 radical (unpaired) electrons. The third kappa shape index (κ3) is 2.39. The van der Waals surface area contributed by atoms with Gasteiger partial charge in [-0.05, 0) is 12.1 Å². The molecule has 14 heavy (non-hydrogen) atoms. The van der Waals surface area contributed by atoms with E-state index < -0.39 is 18.2 Å². The second-order valence-corrected chi connectivity index (χ2v) is 3.27. The quantitative estimate of drug-likeness (QED) is 0.916. The summed E-state index contributed by atoms with van der Waals surface area (Å²) >= 11 is 3.06. The average Bonchev–Trinajstić information content (AvgIpc) is 2.11. The van der Waals surface area contributed by atoms with Crippen LogP contribution in [0.1, 0.15) is 5.56 Å². The van der Waals surface area contributed by atoms with E-state index in [2.05, 4.69) is 20.7 Å². The summed E-state index contributed by atoms with van der Waals surface area (Å²) in [6.45, 7) is -3.15. The van der Waals surface area contributed by atoms with Crippen LogP contribution in [0.4, 0.5) is 13.2 Å². The molecule has 0 atom stereocenters. The molecule has 1 aromatic carbocycles. The standard InChI is InChI=1S/C8H7BrF3NO/c9-5-1-2-6(10)7(4(5)3-13)14-8(11)12/h1-2,8H,3,13H2. The van der Waals surface area contributed by atoms with Crippen molar-refractivity contribution in [2.24, 2.45) is 5.73 Å². The van der Waals surface area contributed by atoms with Gasteiger partial charge in [-0.2, -0.15) is 8.78 Å². The summed E-state index contributed by atoms with van der Waals surface area (Å²) in [6.07, 6.45) is 0. The van der Waals surface area contributed by atoms with Crippen molar-refractivity contribution in [1.29, 1.82) is 0 Å². The van der Waals surface area contributed by atoms with Crippen LogP contribution in [-0.2, 0) is 6.54 Å². The van der Waals surface area contributed by atoms with Gasteiger partial charge in [0.25, 0.3) is 0 Å². The zero-order valence-electron chi connectivity index (χ0n) is 6.94. The minimum absolute atomic E-state index is 0.0829. The fourth-order valence-electron chi connectivity index (χ4n) is 0.982. The van der Waals surface area contributed by atoms with Crippen molar-refractivity contribution >= 4 is 15.9 Å². The lowest BCUT2D eigenvalue weighted by Crippen LogP contribution is -2.09. The predicted octanol–water partition coefficient (Wildman–Crippen LogP) is 2.65.